The second-order valence-electron chi connectivity index (χ2n) is 6.89. The Hall–Kier alpha value is -1.63. The molecular formula is C19H28ClN3O3. The van der Waals surface area contributed by atoms with E-state index in [4.69, 9.17) is 4.74 Å². The number of anilines is 1. The van der Waals surface area contributed by atoms with Gasteiger partial charge in [-0.2, -0.15) is 0 Å². The molecule has 2 aliphatic rings. The number of hydrogen-bond acceptors (Lipinski definition) is 4. The third-order valence-electron chi connectivity index (χ3n) is 4.91. The number of ether oxygens (including phenoxy) is 1. The normalized spacial score (nSPS) is 20.7. The minimum absolute atomic E-state index is 0. The van der Waals surface area contributed by atoms with Crippen molar-refractivity contribution >= 4 is 29.9 Å². The fourth-order valence-electron chi connectivity index (χ4n) is 3.41. The summed E-state index contributed by atoms with van der Waals surface area (Å²) in [5, 5.41) is 9.15. The van der Waals surface area contributed by atoms with E-state index in [1.165, 1.54) is 19.3 Å². The number of carbonyl (C=O) groups excluding carboxylic acids is 2. The summed E-state index contributed by atoms with van der Waals surface area (Å²) >= 11 is 0. The number of halogens is 1. The van der Waals surface area contributed by atoms with Gasteiger partial charge in [0.2, 0.25) is 0 Å². The highest BCUT2D eigenvalue weighted by Crippen LogP contribution is 2.20. The van der Waals surface area contributed by atoms with E-state index in [1.807, 2.05) is 13.0 Å². The number of aryl methyl sites for hydroxylation is 1. The molecule has 1 aromatic rings. The highest BCUT2D eigenvalue weighted by atomic mass is 35.5. The lowest BCUT2D eigenvalue weighted by Crippen LogP contribution is -2.45. The van der Waals surface area contributed by atoms with Crippen molar-refractivity contribution in [3.05, 3.63) is 29.3 Å². The topological polar surface area (TPSA) is 79.5 Å². The average molecular weight is 382 g/mol. The predicted molar refractivity (Wildman–Crippen MR) is 104 cm³/mol. The van der Waals surface area contributed by atoms with Gasteiger partial charge in [0, 0.05) is 30.4 Å². The molecule has 0 bridgehead atoms. The maximum absolute atomic E-state index is 12.4. The Kier molecular flexibility index (Phi) is 7.87. The Balaban J connectivity index is 0.00000243. The van der Waals surface area contributed by atoms with Crippen LogP contribution in [-0.4, -0.2) is 43.7 Å². The van der Waals surface area contributed by atoms with Gasteiger partial charge in [0.25, 0.3) is 11.8 Å². The predicted octanol–water partition coefficient (Wildman–Crippen LogP) is 2.41. The Bertz CT molecular complexity index is 626. The van der Waals surface area contributed by atoms with Gasteiger partial charge >= 0.3 is 0 Å². The zero-order chi connectivity index (χ0) is 17.6. The molecule has 3 rings (SSSR count). The highest BCUT2D eigenvalue weighted by Gasteiger charge is 2.22. The minimum atomic E-state index is -0.470. The van der Waals surface area contributed by atoms with Gasteiger partial charge in [0.15, 0.2) is 0 Å². The van der Waals surface area contributed by atoms with Crippen molar-refractivity contribution in [3.63, 3.8) is 0 Å². The molecule has 1 atom stereocenters. The van der Waals surface area contributed by atoms with Crippen LogP contribution in [0.25, 0.3) is 0 Å². The fourth-order valence-corrected chi connectivity index (χ4v) is 3.41. The molecule has 2 fully saturated rings. The first-order valence-corrected chi connectivity index (χ1v) is 9.18. The third kappa shape index (κ3) is 5.43. The molecule has 7 heteroatoms. The molecule has 144 valence electrons. The Labute approximate surface area is 160 Å². The molecule has 0 spiro atoms. The van der Waals surface area contributed by atoms with Gasteiger partial charge in [0.05, 0.1) is 6.61 Å². The molecule has 1 aliphatic carbocycles. The number of rotatable bonds is 4. The quantitative estimate of drug-likeness (QED) is 0.748. The van der Waals surface area contributed by atoms with Crippen LogP contribution in [0.5, 0.6) is 0 Å². The summed E-state index contributed by atoms with van der Waals surface area (Å²) in [4.78, 5) is 24.7. The summed E-state index contributed by atoms with van der Waals surface area (Å²) in [6, 6.07) is 5.67. The Morgan fingerprint density at radius 2 is 1.96 bits per heavy atom. The Morgan fingerprint density at radius 3 is 2.62 bits per heavy atom. The molecular weight excluding hydrogens is 354 g/mol. The van der Waals surface area contributed by atoms with Gasteiger partial charge in [-0.3, -0.25) is 9.59 Å². The summed E-state index contributed by atoms with van der Waals surface area (Å²) in [5.41, 5.74) is 2.22. The van der Waals surface area contributed by atoms with Crippen molar-refractivity contribution in [2.45, 2.75) is 51.2 Å². The first-order valence-electron chi connectivity index (χ1n) is 9.18. The summed E-state index contributed by atoms with van der Waals surface area (Å²) in [5.74, 6) is -0.192. The molecule has 3 N–H and O–H groups in total. The van der Waals surface area contributed by atoms with Crippen LogP contribution < -0.4 is 16.0 Å². The molecule has 1 aromatic carbocycles. The largest absolute Gasteiger partial charge is 0.366 e. The van der Waals surface area contributed by atoms with Gasteiger partial charge in [-0.25, -0.2) is 0 Å². The zero-order valence-electron chi connectivity index (χ0n) is 15.2. The van der Waals surface area contributed by atoms with Crippen molar-refractivity contribution in [1.82, 2.24) is 10.6 Å². The van der Waals surface area contributed by atoms with Gasteiger partial charge in [0.1, 0.15) is 6.10 Å². The minimum Gasteiger partial charge on any atom is -0.366 e. The third-order valence-corrected chi connectivity index (χ3v) is 4.91. The maximum Gasteiger partial charge on any atom is 0.254 e. The van der Waals surface area contributed by atoms with Crippen LogP contribution in [0.15, 0.2) is 18.2 Å². The number of carbonyl (C=O) groups is 2. The van der Waals surface area contributed by atoms with E-state index in [0.29, 0.717) is 24.4 Å². The summed E-state index contributed by atoms with van der Waals surface area (Å²) < 4.78 is 5.46. The first-order chi connectivity index (χ1) is 12.1. The smallest absolute Gasteiger partial charge is 0.254 e. The lowest BCUT2D eigenvalue weighted by molar-refractivity contribution is -0.128. The van der Waals surface area contributed by atoms with E-state index in [9.17, 15) is 9.59 Å². The van der Waals surface area contributed by atoms with Crippen molar-refractivity contribution in [3.8, 4) is 0 Å². The van der Waals surface area contributed by atoms with Crippen molar-refractivity contribution in [2.24, 2.45) is 0 Å². The van der Waals surface area contributed by atoms with Crippen LogP contribution in [0.3, 0.4) is 0 Å². The van der Waals surface area contributed by atoms with Crippen LogP contribution in [0.1, 0.15) is 48.0 Å². The number of amides is 2. The van der Waals surface area contributed by atoms with Crippen LogP contribution in [-0.2, 0) is 9.53 Å². The average Bonchev–Trinajstić information content (AvgIpc) is 2.65. The number of nitrogens with one attached hydrogen (secondary N) is 3. The molecule has 0 radical (unpaired) electrons. The second kappa shape index (κ2) is 9.90. The summed E-state index contributed by atoms with van der Waals surface area (Å²) in [6.07, 6.45) is 5.30. The SMILES string of the molecule is Cc1cc(C(=O)NC2CCCCC2)ccc1NC(=O)[C@H]1CNCCO1.Cl. The first kappa shape index (κ1) is 20.7. The monoisotopic (exact) mass is 381 g/mol. The number of morpholine rings is 1. The van der Waals surface area contributed by atoms with E-state index in [1.54, 1.807) is 12.1 Å². The number of hydrogen-bond donors (Lipinski definition) is 3. The molecule has 6 nitrogen and oxygen atoms in total. The standard InChI is InChI=1S/C19H27N3O3.ClH/c1-13-11-14(18(23)21-15-5-3-2-4-6-15)7-8-16(13)22-19(24)17-12-20-9-10-25-17;/h7-8,11,15,17,20H,2-6,9-10,12H2,1H3,(H,21,23)(H,22,24);1H/t17-;/m1./s1. The summed E-state index contributed by atoms with van der Waals surface area (Å²) in [6.45, 7) is 3.73. The molecule has 0 aromatic heterocycles. The molecule has 1 aliphatic heterocycles. The maximum atomic E-state index is 12.4. The van der Waals surface area contributed by atoms with Crippen LogP contribution in [0.2, 0.25) is 0 Å². The van der Waals surface area contributed by atoms with Crippen molar-refractivity contribution in [2.75, 3.05) is 25.0 Å². The van der Waals surface area contributed by atoms with Gasteiger partial charge in [-0.05, 0) is 43.5 Å². The van der Waals surface area contributed by atoms with E-state index in [0.717, 1.165) is 24.9 Å². The number of benzene rings is 1. The Morgan fingerprint density at radius 1 is 1.19 bits per heavy atom. The van der Waals surface area contributed by atoms with Gasteiger partial charge < -0.3 is 20.7 Å². The van der Waals surface area contributed by atoms with Crippen LogP contribution >= 0.6 is 12.4 Å². The van der Waals surface area contributed by atoms with Crippen molar-refractivity contribution in [1.29, 1.82) is 0 Å². The lowest BCUT2D eigenvalue weighted by atomic mass is 9.95. The highest BCUT2D eigenvalue weighted by molar-refractivity contribution is 5.98. The molecule has 1 saturated carbocycles. The van der Waals surface area contributed by atoms with Crippen molar-refractivity contribution < 1.29 is 14.3 Å². The van der Waals surface area contributed by atoms with E-state index in [-0.39, 0.29) is 30.3 Å². The molecule has 2 amide bonds. The zero-order valence-corrected chi connectivity index (χ0v) is 16.0. The van der Waals surface area contributed by atoms with Gasteiger partial charge in [-0.1, -0.05) is 19.3 Å². The fraction of sp³-hybridized carbons (Fsp3) is 0.579. The van der Waals surface area contributed by atoms with E-state index < -0.39 is 6.10 Å². The molecule has 0 unspecified atom stereocenters. The van der Waals surface area contributed by atoms with Gasteiger partial charge in [-0.15, -0.1) is 12.4 Å². The molecule has 26 heavy (non-hydrogen) atoms. The van der Waals surface area contributed by atoms with Crippen LogP contribution in [0, 0.1) is 6.92 Å². The van der Waals surface area contributed by atoms with Crippen LogP contribution in [0.4, 0.5) is 5.69 Å². The second-order valence-corrected chi connectivity index (χ2v) is 6.89. The summed E-state index contributed by atoms with van der Waals surface area (Å²) in [7, 11) is 0. The molecule has 1 saturated heterocycles. The lowest BCUT2D eigenvalue weighted by Gasteiger charge is -2.24. The molecule has 1 heterocycles. The van der Waals surface area contributed by atoms with E-state index in [2.05, 4.69) is 16.0 Å². The van der Waals surface area contributed by atoms with E-state index >= 15 is 0 Å².